The fourth-order valence-electron chi connectivity index (χ4n) is 2.70. The number of carbonyl (C=O) groups excluding carboxylic acids is 1. The van der Waals surface area contributed by atoms with Gasteiger partial charge in [-0.05, 0) is 18.2 Å². The maximum Gasteiger partial charge on any atom is 0.277 e. The van der Waals surface area contributed by atoms with Crippen LogP contribution in [-0.2, 0) is 10.0 Å². The molecule has 1 unspecified atom stereocenters. The number of hydrogen-bond donors (Lipinski definition) is 3. The molecule has 1 aliphatic heterocycles. The van der Waals surface area contributed by atoms with Gasteiger partial charge < -0.3 is 15.4 Å². The Labute approximate surface area is 165 Å². The lowest BCUT2D eigenvalue weighted by atomic mass is 10.1. The largest absolute Gasteiger partial charge is 0.495 e. The molecule has 0 bridgehead atoms. The van der Waals surface area contributed by atoms with E-state index in [9.17, 15) is 22.0 Å². The Morgan fingerprint density at radius 1 is 1.34 bits per heavy atom. The lowest BCUT2D eigenvalue weighted by Gasteiger charge is -2.32. The lowest BCUT2D eigenvalue weighted by molar-refractivity contribution is 0.101. The van der Waals surface area contributed by atoms with Gasteiger partial charge in [-0.15, -0.1) is 0 Å². The third-order valence-corrected chi connectivity index (χ3v) is 6.09. The van der Waals surface area contributed by atoms with Crippen LogP contribution in [-0.4, -0.2) is 49.5 Å². The van der Waals surface area contributed by atoms with E-state index in [4.69, 9.17) is 10.1 Å². The number of aromatic nitrogens is 1. The Balaban J connectivity index is 1.86. The molecular weight excluding hydrogens is 408 g/mol. The summed E-state index contributed by atoms with van der Waals surface area (Å²) < 4.78 is 58.2. The van der Waals surface area contributed by atoms with Crippen LogP contribution in [0.3, 0.4) is 0 Å². The molecule has 9 nitrogen and oxygen atoms in total. The topological polar surface area (TPSA) is 124 Å². The summed E-state index contributed by atoms with van der Waals surface area (Å²) in [4.78, 5) is 16.0. The molecule has 1 atom stereocenters. The molecule has 3 N–H and O–H groups in total. The van der Waals surface area contributed by atoms with Crippen LogP contribution < -0.4 is 15.4 Å². The summed E-state index contributed by atoms with van der Waals surface area (Å²) in [6.07, 6.45) is 1.17. The Kier molecular flexibility index (Phi) is 5.38. The molecular formula is C17H17F2N5O4S. The monoisotopic (exact) mass is 425 g/mol. The molecule has 1 aromatic heterocycles. The third-order valence-electron chi connectivity index (χ3n) is 4.32. The average molecular weight is 425 g/mol. The molecule has 0 aliphatic carbocycles. The summed E-state index contributed by atoms with van der Waals surface area (Å²) in [5.41, 5.74) is -0.445. The zero-order chi connectivity index (χ0) is 21.3. The number of guanidine groups is 1. The van der Waals surface area contributed by atoms with Gasteiger partial charge in [0, 0.05) is 24.4 Å². The fourth-order valence-corrected chi connectivity index (χ4v) is 3.94. The number of nitrogens with zero attached hydrogens (tertiary/aromatic N) is 2. The summed E-state index contributed by atoms with van der Waals surface area (Å²) in [6, 6.07) is 3.47. The standard InChI is InChI=1S/C17H17F2N5O4S/c1-24-17(20)23-14(8-29(24,26)27)11-5-9(3-4-12(11)18)22-16(25)15-13(19)6-10(28-2)7-21-15/h3-7,14H,8H2,1-2H3,(H2,20,23)(H,22,25). The van der Waals surface area contributed by atoms with E-state index in [1.807, 2.05) is 0 Å². The number of carbonyl (C=O) groups is 1. The van der Waals surface area contributed by atoms with Crippen LogP contribution in [0, 0.1) is 17.0 Å². The summed E-state index contributed by atoms with van der Waals surface area (Å²) >= 11 is 0. The van der Waals surface area contributed by atoms with Crippen molar-refractivity contribution in [1.29, 1.82) is 5.41 Å². The highest BCUT2D eigenvalue weighted by molar-refractivity contribution is 7.89. The van der Waals surface area contributed by atoms with Gasteiger partial charge in [-0.3, -0.25) is 10.2 Å². The molecule has 2 aromatic rings. The second kappa shape index (κ2) is 7.62. The highest BCUT2D eigenvalue weighted by Gasteiger charge is 2.34. The van der Waals surface area contributed by atoms with Gasteiger partial charge in [0.05, 0.1) is 25.1 Å². The first-order chi connectivity index (χ1) is 13.6. The van der Waals surface area contributed by atoms with Crippen molar-refractivity contribution in [2.75, 3.05) is 25.2 Å². The first-order valence-corrected chi connectivity index (χ1v) is 9.85. The van der Waals surface area contributed by atoms with E-state index in [1.54, 1.807) is 0 Å². The van der Waals surface area contributed by atoms with E-state index >= 15 is 0 Å². The summed E-state index contributed by atoms with van der Waals surface area (Å²) in [7, 11) is -1.26. The Bertz CT molecular complexity index is 1090. The highest BCUT2D eigenvalue weighted by atomic mass is 32.2. The van der Waals surface area contributed by atoms with Gasteiger partial charge in [-0.25, -0.2) is 26.5 Å². The van der Waals surface area contributed by atoms with Crippen LogP contribution in [0.5, 0.6) is 5.75 Å². The number of halogens is 2. The van der Waals surface area contributed by atoms with Crippen molar-refractivity contribution >= 4 is 27.6 Å². The summed E-state index contributed by atoms with van der Waals surface area (Å²) in [5, 5.41) is 12.7. The molecule has 3 rings (SSSR count). The molecule has 1 fully saturated rings. The van der Waals surface area contributed by atoms with Crippen molar-refractivity contribution in [3.8, 4) is 5.75 Å². The fraction of sp³-hybridized carbons (Fsp3) is 0.235. The maximum absolute atomic E-state index is 14.3. The number of rotatable bonds is 4. The first kappa shape index (κ1) is 20.5. The number of pyridine rings is 1. The maximum atomic E-state index is 14.3. The second-order valence-electron chi connectivity index (χ2n) is 6.19. The third kappa shape index (κ3) is 4.11. The molecule has 154 valence electrons. The molecule has 0 saturated carbocycles. The molecule has 1 aromatic carbocycles. The number of nitrogens with one attached hydrogen (secondary N) is 3. The van der Waals surface area contributed by atoms with Crippen LogP contribution >= 0.6 is 0 Å². The smallest absolute Gasteiger partial charge is 0.277 e. The molecule has 12 heteroatoms. The van der Waals surface area contributed by atoms with Crippen molar-refractivity contribution in [3.63, 3.8) is 0 Å². The van der Waals surface area contributed by atoms with Crippen molar-refractivity contribution in [2.24, 2.45) is 0 Å². The number of anilines is 1. The van der Waals surface area contributed by atoms with Crippen molar-refractivity contribution < 1.29 is 26.7 Å². The molecule has 0 radical (unpaired) electrons. The van der Waals surface area contributed by atoms with Crippen molar-refractivity contribution in [2.45, 2.75) is 6.04 Å². The Hall–Kier alpha value is -3.28. The Morgan fingerprint density at radius 3 is 2.69 bits per heavy atom. The van der Waals surface area contributed by atoms with Gasteiger partial charge in [0.1, 0.15) is 11.6 Å². The van der Waals surface area contributed by atoms with Crippen LogP contribution in [0.1, 0.15) is 22.1 Å². The number of methoxy groups -OCH3 is 1. The van der Waals surface area contributed by atoms with E-state index in [0.717, 1.165) is 16.4 Å². The predicted molar refractivity (Wildman–Crippen MR) is 100 cm³/mol. The molecule has 2 heterocycles. The molecule has 1 amide bonds. The quantitative estimate of drug-likeness (QED) is 0.681. The van der Waals surface area contributed by atoms with Crippen LogP contribution in [0.25, 0.3) is 0 Å². The SMILES string of the molecule is COc1cnc(C(=O)Nc2ccc(F)c(C3CS(=O)(=O)N(C)C(=N)N3)c2)c(F)c1. The van der Waals surface area contributed by atoms with E-state index < -0.39 is 51.0 Å². The van der Waals surface area contributed by atoms with Gasteiger partial charge in [0.2, 0.25) is 16.0 Å². The molecule has 1 saturated heterocycles. The van der Waals surface area contributed by atoms with E-state index in [-0.39, 0.29) is 17.0 Å². The van der Waals surface area contributed by atoms with Gasteiger partial charge in [-0.2, -0.15) is 0 Å². The highest BCUT2D eigenvalue weighted by Crippen LogP contribution is 2.26. The lowest BCUT2D eigenvalue weighted by Crippen LogP contribution is -2.52. The van der Waals surface area contributed by atoms with Crippen LogP contribution in [0.4, 0.5) is 14.5 Å². The van der Waals surface area contributed by atoms with Gasteiger partial charge >= 0.3 is 0 Å². The number of ether oxygens (including phenoxy) is 1. The summed E-state index contributed by atoms with van der Waals surface area (Å²) in [6.45, 7) is 0. The first-order valence-electron chi connectivity index (χ1n) is 8.24. The minimum atomic E-state index is -3.80. The molecule has 0 spiro atoms. The van der Waals surface area contributed by atoms with E-state index in [1.165, 1.54) is 32.5 Å². The van der Waals surface area contributed by atoms with Gasteiger partial charge in [-0.1, -0.05) is 0 Å². The number of sulfonamides is 1. The van der Waals surface area contributed by atoms with Gasteiger partial charge in [0.15, 0.2) is 11.5 Å². The molecule has 1 aliphatic rings. The zero-order valence-electron chi connectivity index (χ0n) is 15.4. The van der Waals surface area contributed by atoms with Crippen LogP contribution in [0.2, 0.25) is 0 Å². The number of benzene rings is 1. The normalized spacial score (nSPS) is 18.1. The minimum Gasteiger partial charge on any atom is -0.495 e. The minimum absolute atomic E-state index is 0.0626. The van der Waals surface area contributed by atoms with Gasteiger partial charge in [0.25, 0.3) is 5.91 Å². The van der Waals surface area contributed by atoms with E-state index in [0.29, 0.717) is 0 Å². The number of amides is 1. The van der Waals surface area contributed by atoms with Crippen LogP contribution in [0.15, 0.2) is 30.5 Å². The number of hydrogen-bond acceptors (Lipinski definition) is 6. The summed E-state index contributed by atoms with van der Waals surface area (Å²) in [5.74, 6) is -3.24. The average Bonchev–Trinajstić information content (AvgIpc) is 2.66. The second-order valence-corrected chi connectivity index (χ2v) is 8.23. The van der Waals surface area contributed by atoms with Crippen molar-refractivity contribution in [3.05, 3.63) is 53.4 Å². The predicted octanol–water partition coefficient (Wildman–Crippen LogP) is 1.46. The van der Waals surface area contributed by atoms with Crippen molar-refractivity contribution in [1.82, 2.24) is 14.6 Å². The van der Waals surface area contributed by atoms with E-state index in [2.05, 4.69) is 15.6 Å². The Morgan fingerprint density at radius 2 is 2.07 bits per heavy atom. The molecule has 29 heavy (non-hydrogen) atoms. The zero-order valence-corrected chi connectivity index (χ0v) is 16.2.